The summed E-state index contributed by atoms with van der Waals surface area (Å²) in [5.74, 6) is 0.755. The molecule has 1 rings (SSSR count). The van der Waals surface area contributed by atoms with Crippen LogP contribution < -0.4 is 10.5 Å². The van der Waals surface area contributed by atoms with Crippen molar-refractivity contribution in [2.45, 2.75) is 19.9 Å². The molecule has 0 heterocycles. The lowest BCUT2D eigenvalue weighted by Crippen LogP contribution is -2.27. The van der Waals surface area contributed by atoms with Crippen molar-refractivity contribution in [1.82, 2.24) is 0 Å². The lowest BCUT2D eigenvalue weighted by Gasteiger charge is -2.24. The van der Waals surface area contributed by atoms with Gasteiger partial charge in [0.2, 0.25) is 0 Å². The van der Waals surface area contributed by atoms with Crippen LogP contribution in [0.5, 0.6) is 5.75 Å². The van der Waals surface area contributed by atoms with Crippen molar-refractivity contribution in [3.8, 4) is 11.8 Å². The van der Waals surface area contributed by atoms with Crippen LogP contribution in [0.4, 0.5) is 0 Å². The summed E-state index contributed by atoms with van der Waals surface area (Å²) in [7, 11) is 1.61. The van der Waals surface area contributed by atoms with Crippen molar-refractivity contribution in [3.63, 3.8) is 0 Å². The van der Waals surface area contributed by atoms with Crippen LogP contribution in [0.15, 0.2) is 22.7 Å². The van der Waals surface area contributed by atoms with Gasteiger partial charge in [-0.25, -0.2) is 0 Å². The molecule has 2 N–H and O–H groups in total. The third-order valence-electron chi connectivity index (χ3n) is 2.60. The lowest BCUT2D eigenvalue weighted by molar-refractivity contribution is 0.390. The standard InChI is InChI=1S/C12H15BrN2O/c1-12(2,7-14)11(15)8-4-5-10(16-3)9(13)6-8/h4-6,11H,15H2,1-3H3. The molecule has 1 atom stereocenters. The van der Waals surface area contributed by atoms with Crippen LogP contribution in [0, 0.1) is 16.7 Å². The molecule has 0 aliphatic rings. The van der Waals surface area contributed by atoms with E-state index in [2.05, 4.69) is 22.0 Å². The number of benzene rings is 1. The molecule has 0 amide bonds. The normalized spacial score (nSPS) is 13.0. The smallest absolute Gasteiger partial charge is 0.133 e. The van der Waals surface area contributed by atoms with E-state index in [1.165, 1.54) is 0 Å². The fraction of sp³-hybridized carbons (Fsp3) is 0.417. The van der Waals surface area contributed by atoms with E-state index in [0.29, 0.717) is 0 Å². The SMILES string of the molecule is COc1ccc(C(N)C(C)(C)C#N)cc1Br. The maximum atomic E-state index is 9.03. The molecule has 1 unspecified atom stereocenters. The third-order valence-corrected chi connectivity index (χ3v) is 3.22. The monoisotopic (exact) mass is 282 g/mol. The van der Waals surface area contributed by atoms with Gasteiger partial charge in [0, 0.05) is 6.04 Å². The van der Waals surface area contributed by atoms with Gasteiger partial charge in [-0.3, -0.25) is 0 Å². The Hall–Kier alpha value is -1.05. The summed E-state index contributed by atoms with van der Waals surface area (Å²) in [5.41, 5.74) is 6.39. The van der Waals surface area contributed by atoms with Gasteiger partial charge in [-0.05, 0) is 47.5 Å². The molecule has 0 spiro atoms. The first-order valence-electron chi connectivity index (χ1n) is 4.92. The molecule has 0 aliphatic heterocycles. The van der Waals surface area contributed by atoms with Gasteiger partial charge >= 0.3 is 0 Å². The van der Waals surface area contributed by atoms with Crippen molar-refractivity contribution in [3.05, 3.63) is 28.2 Å². The number of nitrogens with two attached hydrogens (primary N) is 1. The molecule has 0 saturated carbocycles. The number of halogens is 1. The molecule has 0 aliphatic carbocycles. The summed E-state index contributed by atoms with van der Waals surface area (Å²) in [6.07, 6.45) is 0. The van der Waals surface area contributed by atoms with E-state index in [-0.39, 0.29) is 6.04 Å². The molecule has 1 aromatic rings. The van der Waals surface area contributed by atoms with Crippen LogP contribution >= 0.6 is 15.9 Å². The Bertz CT molecular complexity index is 424. The quantitative estimate of drug-likeness (QED) is 0.927. The van der Waals surface area contributed by atoms with Gasteiger partial charge in [0.05, 0.1) is 23.1 Å². The maximum absolute atomic E-state index is 9.03. The summed E-state index contributed by atoms with van der Waals surface area (Å²) >= 11 is 3.40. The highest BCUT2D eigenvalue weighted by Crippen LogP contribution is 2.34. The van der Waals surface area contributed by atoms with Gasteiger partial charge in [-0.15, -0.1) is 0 Å². The Morgan fingerprint density at radius 3 is 2.56 bits per heavy atom. The van der Waals surface area contributed by atoms with Crippen molar-refractivity contribution < 1.29 is 4.74 Å². The molecule has 0 aromatic heterocycles. The number of ether oxygens (including phenoxy) is 1. The second-order valence-corrected chi connectivity index (χ2v) is 5.06. The Labute approximate surface area is 104 Å². The Kier molecular flexibility index (Phi) is 3.95. The van der Waals surface area contributed by atoms with E-state index in [4.69, 9.17) is 15.7 Å². The molecule has 1 aromatic carbocycles. The highest BCUT2D eigenvalue weighted by Gasteiger charge is 2.27. The maximum Gasteiger partial charge on any atom is 0.133 e. The largest absolute Gasteiger partial charge is 0.496 e. The predicted molar refractivity (Wildman–Crippen MR) is 67.0 cm³/mol. The summed E-state index contributed by atoms with van der Waals surface area (Å²) < 4.78 is 5.98. The van der Waals surface area contributed by atoms with Crippen molar-refractivity contribution in [1.29, 1.82) is 5.26 Å². The van der Waals surface area contributed by atoms with Crippen LogP contribution in [-0.2, 0) is 0 Å². The minimum Gasteiger partial charge on any atom is -0.496 e. The Balaban J connectivity index is 3.08. The van der Waals surface area contributed by atoms with Crippen molar-refractivity contribution >= 4 is 15.9 Å². The summed E-state index contributed by atoms with van der Waals surface area (Å²) in [6.45, 7) is 3.66. The summed E-state index contributed by atoms with van der Waals surface area (Å²) in [5, 5.41) is 9.03. The molecule has 86 valence electrons. The first-order chi connectivity index (χ1) is 7.42. The second-order valence-electron chi connectivity index (χ2n) is 4.21. The second kappa shape index (κ2) is 4.86. The number of rotatable bonds is 3. The molecule has 4 heteroatoms. The first kappa shape index (κ1) is 13.0. The van der Waals surface area contributed by atoms with Crippen molar-refractivity contribution in [2.24, 2.45) is 11.1 Å². The van der Waals surface area contributed by atoms with E-state index in [1.807, 2.05) is 32.0 Å². The highest BCUT2D eigenvalue weighted by atomic mass is 79.9. The zero-order chi connectivity index (χ0) is 12.3. The fourth-order valence-corrected chi connectivity index (χ4v) is 1.92. The van der Waals surface area contributed by atoms with Crippen LogP contribution in [-0.4, -0.2) is 7.11 Å². The average molecular weight is 283 g/mol. The van der Waals surface area contributed by atoms with E-state index < -0.39 is 5.41 Å². The van der Waals surface area contributed by atoms with E-state index in [1.54, 1.807) is 7.11 Å². The van der Waals surface area contributed by atoms with Gasteiger partial charge < -0.3 is 10.5 Å². The van der Waals surface area contributed by atoms with Gasteiger partial charge in [-0.2, -0.15) is 5.26 Å². The van der Waals surface area contributed by atoms with Crippen molar-refractivity contribution in [2.75, 3.05) is 7.11 Å². The average Bonchev–Trinajstić information content (AvgIpc) is 2.27. The number of methoxy groups -OCH3 is 1. The van der Waals surface area contributed by atoms with Crippen LogP contribution in [0.3, 0.4) is 0 Å². The van der Waals surface area contributed by atoms with E-state index >= 15 is 0 Å². The molecule has 16 heavy (non-hydrogen) atoms. The highest BCUT2D eigenvalue weighted by molar-refractivity contribution is 9.10. The minimum absolute atomic E-state index is 0.320. The summed E-state index contributed by atoms with van der Waals surface area (Å²) in [6, 6.07) is 7.51. The van der Waals surface area contributed by atoms with Gasteiger partial charge in [0.25, 0.3) is 0 Å². The van der Waals surface area contributed by atoms with Gasteiger partial charge in [-0.1, -0.05) is 6.07 Å². The number of nitrogens with zero attached hydrogens (tertiary/aromatic N) is 1. The zero-order valence-corrected chi connectivity index (χ0v) is 11.2. The first-order valence-corrected chi connectivity index (χ1v) is 5.72. The van der Waals surface area contributed by atoms with Crippen LogP contribution in [0.25, 0.3) is 0 Å². The van der Waals surface area contributed by atoms with Gasteiger partial charge in [0.1, 0.15) is 5.75 Å². The summed E-state index contributed by atoms with van der Waals surface area (Å²) in [4.78, 5) is 0. The van der Waals surface area contributed by atoms with E-state index in [9.17, 15) is 0 Å². The van der Waals surface area contributed by atoms with Crippen LogP contribution in [0.1, 0.15) is 25.5 Å². The van der Waals surface area contributed by atoms with E-state index in [0.717, 1.165) is 15.8 Å². The fourth-order valence-electron chi connectivity index (χ4n) is 1.36. The van der Waals surface area contributed by atoms with Gasteiger partial charge in [0.15, 0.2) is 0 Å². The Morgan fingerprint density at radius 2 is 2.12 bits per heavy atom. The number of hydrogen-bond acceptors (Lipinski definition) is 3. The number of nitriles is 1. The minimum atomic E-state index is -0.589. The van der Waals surface area contributed by atoms with Crippen LogP contribution in [0.2, 0.25) is 0 Å². The Morgan fingerprint density at radius 1 is 1.50 bits per heavy atom. The number of hydrogen-bond donors (Lipinski definition) is 1. The topological polar surface area (TPSA) is 59.0 Å². The molecule has 0 radical (unpaired) electrons. The molecular formula is C12H15BrN2O. The molecular weight excluding hydrogens is 268 g/mol. The molecule has 0 fully saturated rings. The lowest BCUT2D eigenvalue weighted by atomic mass is 9.82. The third kappa shape index (κ3) is 2.55. The molecule has 3 nitrogen and oxygen atoms in total. The predicted octanol–water partition coefficient (Wildman–Crippen LogP) is 3.01. The zero-order valence-electron chi connectivity index (χ0n) is 9.62. The molecule has 0 bridgehead atoms. The molecule has 0 saturated heterocycles.